The van der Waals surface area contributed by atoms with Gasteiger partial charge in [-0.2, -0.15) is 0 Å². The highest BCUT2D eigenvalue weighted by Gasteiger charge is 2.02. The van der Waals surface area contributed by atoms with Crippen LogP contribution in [0.2, 0.25) is 0 Å². The second-order valence-electron chi connectivity index (χ2n) is 2.22. The summed E-state index contributed by atoms with van der Waals surface area (Å²) in [6, 6.07) is 0. The lowest BCUT2D eigenvalue weighted by Crippen LogP contribution is -2.04. The number of carbonyl (C=O) groups is 1. The summed E-state index contributed by atoms with van der Waals surface area (Å²) in [5.41, 5.74) is 1.78. The molecule has 0 aliphatic carbocycles. The number of hydrogen-bond donors (Lipinski definition) is 0. The van der Waals surface area contributed by atoms with Gasteiger partial charge in [-0.1, -0.05) is 0 Å². The van der Waals surface area contributed by atoms with Crippen LogP contribution >= 0.6 is 23.1 Å². The third-order valence-electron chi connectivity index (χ3n) is 1.27. The first-order valence-corrected chi connectivity index (χ1v) is 5.86. The third kappa shape index (κ3) is 4.28. The molecule has 0 saturated carbocycles. The fourth-order valence-corrected chi connectivity index (χ4v) is 2.35. The Morgan fingerprint density at radius 2 is 2.62 bits per heavy atom. The van der Waals surface area contributed by atoms with Gasteiger partial charge in [0.25, 0.3) is 0 Å². The van der Waals surface area contributed by atoms with E-state index in [1.54, 1.807) is 34.8 Å². The standard InChI is InChI=1S/C8H11NO2S2/c1-2-11-7(10)3-4-12-8-5-9-6-13-8/h5-6H,2-4H2,1H3. The Morgan fingerprint density at radius 3 is 3.23 bits per heavy atom. The van der Waals surface area contributed by atoms with E-state index in [9.17, 15) is 4.79 Å². The monoisotopic (exact) mass is 217 g/mol. The number of aromatic nitrogens is 1. The summed E-state index contributed by atoms with van der Waals surface area (Å²) < 4.78 is 5.94. The van der Waals surface area contributed by atoms with Gasteiger partial charge >= 0.3 is 5.97 Å². The Balaban J connectivity index is 2.11. The molecule has 0 atom stereocenters. The van der Waals surface area contributed by atoms with Crippen LogP contribution in [-0.2, 0) is 9.53 Å². The first-order valence-electron chi connectivity index (χ1n) is 4.00. The second kappa shape index (κ2) is 5.99. The van der Waals surface area contributed by atoms with E-state index in [1.807, 2.05) is 6.92 Å². The van der Waals surface area contributed by atoms with Crippen LogP contribution in [0, 0.1) is 0 Å². The van der Waals surface area contributed by atoms with Crippen molar-refractivity contribution >= 4 is 29.1 Å². The highest BCUT2D eigenvalue weighted by atomic mass is 32.2. The molecule has 13 heavy (non-hydrogen) atoms. The molecule has 1 rings (SSSR count). The lowest BCUT2D eigenvalue weighted by Gasteiger charge is -1.99. The molecule has 0 aliphatic rings. The molecule has 1 heterocycles. The minimum atomic E-state index is -0.125. The van der Waals surface area contributed by atoms with Crippen molar-refractivity contribution in [3.05, 3.63) is 11.7 Å². The molecule has 0 spiro atoms. The average molecular weight is 217 g/mol. The molecular weight excluding hydrogens is 206 g/mol. The summed E-state index contributed by atoms with van der Waals surface area (Å²) in [7, 11) is 0. The zero-order valence-electron chi connectivity index (χ0n) is 7.36. The van der Waals surface area contributed by atoms with Crippen LogP contribution in [0.3, 0.4) is 0 Å². The van der Waals surface area contributed by atoms with Gasteiger partial charge in [0.05, 0.1) is 28.9 Å². The number of thiazole rings is 1. The highest BCUT2D eigenvalue weighted by Crippen LogP contribution is 2.22. The molecule has 1 aromatic heterocycles. The first kappa shape index (κ1) is 10.5. The summed E-state index contributed by atoms with van der Waals surface area (Å²) in [6.07, 6.45) is 2.27. The van der Waals surface area contributed by atoms with Crippen LogP contribution in [0.15, 0.2) is 15.9 Å². The van der Waals surface area contributed by atoms with Gasteiger partial charge in [-0.25, -0.2) is 0 Å². The van der Waals surface area contributed by atoms with Crippen molar-refractivity contribution in [3.63, 3.8) is 0 Å². The minimum absolute atomic E-state index is 0.125. The van der Waals surface area contributed by atoms with Crippen LogP contribution in [0.5, 0.6) is 0 Å². The zero-order chi connectivity index (χ0) is 9.52. The topological polar surface area (TPSA) is 39.2 Å². The molecular formula is C8H11NO2S2. The Labute approximate surface area is 85.5 Å². The summed E-state index contributed by atoms with van der Waals surface area (Å²) in [4.78, 5) is 14.9. The number of rotatable bonds is 5. The molecule has 0 saturated heterocycles. The van der Waals surface area contributed by atoms with Gasteiger partial charge in [0.15, 0.2) is 0 Å². The van der Waals surface area contributed by atoms with Crippen molar-refractivity contribution in [1.82, 2.24) is 4.98 Å². The Hall–Kier alpha value is -0.550. The predicted octanol–water partition coefficient (Wildman–Crippen LogP) is 2.19. The first-order chi connectivity index (χ1) is 6.33. The van der Waals surface area contributed by atoms with Gasteiger partial charge in [0, 0.05) is 5.75 Å². The van der Waals surface area contributed by atoms with E-state index in [0.29, 0.717) is 13.0 Å². The molecule has 0 bridgehead atoms. The third-order valence-corrected chi connectivity index (χ3v) is 3.27. The van der Waals surface area contributed by atoms with E-state index < -0.39 is 0 Å². The zero-order valence-corrected chi connectivity index (χ0v) is 8.99. The molecule has 72 valence electrons. The quantitative estimate of drug-likeness (QED) is 0.560. The number of carbonyl (C=O) groups excluding carboxylic acids is 1. The molecule has 0 radical (unpaired) electrons. The highest BCUT2D eigenvalue weighted by molar-refractivity contribution is 8.01. The molecule has 0 aromatic carbocycles. The number of hydrogen-bond acceptors (Lipinski definition) is 5. The number of nitrogens with zero attached hydrogens (tertiary/aromatic N) is 1. The van der Waals surface area contributed by atoms with Crippen LogP contribution in [0.25, 0.3) is 0 Å². The minimum Gasteiger partial charge on any atom is -0.466 e. The fourth-order valence-electron chi connectivity index (χ4n) is 0.743. The van der Waals surface area contributed by atoms with E-state index in [0.717, 1.165) is 9.96 Å². The SMILES string of the molecule is CCOC(=O)CCSc1cncs1. The molecule has 3 nitrogen and oxygen atoms in total. The molecule has 0 fully saturated rings. The van der Waals surface area contributed by atoms with E-state index in [-0.39, 0.29) is 5.97 Å². The van der Waals surface area contributed by atoms with Gasteiger partial charge < -0.3 is 4.74 Å². The van der Waals surface area contributed by atoms with E-state index in [1.165, 1.54) is 0 Å². The maximum absolute atomic E-state index is 10.9. The van der Waals surface area contributed by atoms with Gasteiger partial charge in [-0.3, -0.25) is 9.78 Å². The van der Waals surface area contributed by atoms with Crippen LogP contribution in [-0.4, -0.2) is 23.3 Å². The van der Waals surface area contributed by atoms with E-state index in [4.69, 9.17) is 4.74 Å². The number of ether oxygens (including phenoxy) is 1. The van der Waals surface area contributed by atoms with Crippen LogP contribution in [0.1, 0.15) is 13.3 Å². The van der Waals surface area contributed by atoms with Crippen molar-refractivity contribution in [3.8, 4) is 0 Å². The molecule has 5 heteroatoms. The molecule has 1 aromatic rings. The summed E-state index contributed by atoms with van der Waals surface area (Å²) in [5.74, 6) is 0.639. The lowest BCUT2D eigenvalue weighted by atomic mass is 10.5. The van der Waals surface area contributed by atoms with E-state index in [2.05, 4.69) is 4.98 Å². The number of thioether (sulfide) groups is 1. The van der Waals surface area contributed by atoms with Crippen molar-refractivity contribution in [1.29, 1.82) is 0 Å². The van der Waals surface area contributed by atoms with Crippen molar-refractivity contribution in [2.45, 2.75) is 17.6 Å². The largest absolute Gasteiger partial charge is 0.466 e. The fraction of sp³-hybridized carbons (Fsp3) is 0.500. The number of esters is 1. The van der Waals surface area contributed by atoms with Gasteiger partial charge in [0.2, 0.25) is 0 Å². The Bertz CT molecular complexity index is 249. The van der Waals surface area contributed by atoms with Crippen molar-refractivity contribution in [2.24, 2.45) is 0 Å². The molecule has 0 aliphatic heterocycles. The van der Waals surface area contributed by atoms with Crippen LogP contribution < -0.4 is 0 Å². The van der Waals surface area contributed by atoms with Gasteiger partial charge in [-0.15, -0.1) is 23.1 Å². The van der Waals surface area contributed by atoms with Crippen molar-refractivity contribution < 1.29 is 9.53 Å². The van der Waals surface area contributed by atoms with Crippen molar-refractivity contribution in [2.75, 3.05) is 12.4 Å². The maximum Gasteiger partial charge on any atom is 0.306 e. The Kier molecular flexibility index (Phi) is 4.85. The summed E-state index contributed by atoms with van der Waals surface area (Å²) in [6.45, 7) is 2.28. The summed E-state index contributed by atoms with van der Waals surface area (Å²) in [5, 5.41) is 0. The van der Waals surface area contributed by atoms with Gasteiger partial charge in [-0.05, 0) is 6.92 Å². The lowest BCUT2D eigenvalue weighted by molar-refractivity contribution is -0.142. The normalized spacial score (nSPS) is 9.92. The molecule has 0 amide bonds. The molecule has 0 N–H and O–H groups in total. The Morgan fingerprint density at radius 1 is 1.77 bits per heavy atom. The maximum atomic E-state index is 10.9. The second-order valence-corrected chi connectivity index (χ2v) is 4.51. The smallest absolute Gasteiger partial charge is 0.306 e. The molecule has 0 unspecified atom stereocenters. The van der Waals surface area contributed by atoms with Crippen LogP contribution in [0.4, 0.5) is 0 Å². The summed E-state index contributed by atoms with van der Waals surface area (Å²) >= 11 is 3.22. The van der Waals surface area contributed by atoms with E-state index >= 15 is 0 Å². The average Bonchev–Trinajstić information content (AvgIpc) is 2.57. The predicted molar refractivity (Wildman–Crippen MR) is 54.1 cm³/mol. The van der Waals surface area contributed by atoms with Gasteiger partial charge in [0.1, 0.15) is 0 Å².